The number of aliphatic hydroxyl groups is 1. The standard InChI is InChI=1S/C18H20F2N4OS/c1-10-6-13-16(23-26-10)12-7-14(19)15(20)8-22-17(12)18(13)24-4-3-21-11(9-24)2-5-25/h6-8,11,21,23,25H,2-5,9H2,1H3/t11-/m0/s1. The maximum atomic E-state index is 14.0. The topological polar surface area (TPSA) is 60.4 Å². The summed E-state index contributed by atoms with van der Waals surface area (Å²) in [7, 11) is 0. The van der Waals surface area contributed by atoms with Crippen LogP contribution in [-0.4, -0.2) is 42.4 Å². The van der Waals surface area contributed by atoms with Crippen molar-refractivity contribution >= 4 is 29.4 Å². The van der Waals surface area contributed by atoms with Crippen molar-refractivity contribution in [3.8, 4) is 11.3 Å². The molecule has 5 nitrogen and oxygen atoms in total. The fourth-order valence-corrected chi connectivity index (χ4v) is 4.26. The lowest BCUT2D eigenvalue weighted by atomic mass is 10.1. The number of halogens is 2. The van der Waals surface area contributed by atoms with E-state index in [9.17, 15) is 13.9 Å². The molecule has 0 aromatic heterocycles. The molecule has 26 heavy (non-hydrogen) atoms. The molecule has 138 valence electrons. The zero-order valence-corrected chi connectivity index (χ0v) is 15.2. The van der Waals surface area contributed by atoms with Gasteiger partial charge in [-0.2, -0.15) is 0 Å². The Labute approximate surface area is 155 Å². The Morgan fingerprint density at radius 2 is 2.23 bits per heavy atom. The number of piperazine rings is 1. The Kier molecular flexibility index (Phi) is 4.73. The molecule has 1 atom stereocenters. The first-order chi connectivity index (χ1) is 12.6. The molecule has 0 bridgehead atoms. The Morgan fingerprint density at radius 1 is 1.38 bits per heavy atom. The minimum absolute atomic E-state index is 0.117. The summed E-state index contributed by atoms with van der Waals surface area (Å²) < 4.78 is 31.0. The van der Waals surface area contributed by atoms with E-state index in [1.165, 1.54) is 18.0 Å². The lowest BCUT2D eigenvalue weighted by molar-refractivity contribution is 0.260. The van der Waals surface area contributed by atoms with Crippen molar-refractivity contribution in [1.29, 1.82) is 0 Å². The van der Waals surface area contributed by atoms with E-state index in [2.05, 4.69) is 26.0 Å². The molecule has 3 aliphatic heterocycles. The number of nitrogens with zero attached hydrogens (tertiary/aromatic N) is 2. The van der Waals surface area contributed by atoms with E-state index >= 15 is 0 Å². The molecule has 0 aromatic rings. The van der Waals surface area contributed by atoms with Crippen LogP contribution in [0.3, 0.4) is 0 Å². The quantitative estimate of drug-likeness (QED) is 0.714. The van der Waals surface area contributed by atoms with Crippen LogP contribution in [0.1, 0.15) is 18.9 Å². The molecule has 0 aromatic carbocycles. The second kappa shape index (κ2) is 7.02. The first kappa shape index (κ1) is 17.5. The zero-order chi connectivity index (χ0) is 18.3. The molecule has 0 unspecified atom stereocenters. The molecular formula is C18H20F2N4OS. The van der Waals surface area contributed by atoms with Gasteiger partial charge in [0.2, 0.25) is 0 Å². The van der Waals surface area contributed by atoms with Gasteiger partial charge in [0, 0.05) is 48.3 Å². The lowest BCUT2D eigenvalue weighted by Crippen LogP contribution is -2.51. The number of nitrogens with one attached hydrogen (secondary N) is 2. The van der Waals surface area contributed by atoms with Crippen LogP contribution in [0.25, 0.3) is 17.3 Å². The van der Waals surface area contributed by atoms with E-state index in [4.69, 9.17) is 0 Å². The number of anilines is 2. The van der Waals surface area contributed by atoms with Gasteiger partial charge in [-0.15, -0.1) is 0 Å². The molecule has 3 N–H and O–H groups in total. The van der Waals surface area contributed by atoms with Gasteiger partial charge in [0.1, 0.15) is 0 Å². The molecule has 4 aliphatic rings. The van der Waals surface area contributed by atoms with Gasteiger partial charge < -0.3 is 20.0 Å². The summed E-state index contributed by atoms with van der Waals surface area (Å²) in [4.78, 5) is 7.56. The first-order valence-corrected chi connectivity index (χ1v) is 9.41. The summed E-state index contributed by atoms with van der Waals surface area (Å²) in [5, 5.41) is 12.6. The monoisotopic (exact) mass is 378 g/mol. The summed E-state index contributed by atoms with van der Waals surface area (Å²) in [5.74, 6) is -1.88. The molecular weight excluding hydrogens is 358 g/mol. The van der Waals surface area contributed by atoms with E-state index in [0.717, 1.165) is 41.1 Å². The maximum absolute atomic E-state index is 14.0. The molecule has 1 aliphatic carbocycles. The molecule has 0 spiro atoms. The van der Waals surface area contributed by atoms with E-state index in [1.54, 1.807) is 0 Å². The minimum atomic E-state index is -0.963. The predicted octanol–water partition coefficient (Wildman–Crippen LogP) is 3.06. The van der Waals surface area contributed by atoms with E-state index < -0.39 is 11.6 Å². The summed E-state index contributed by atoms with van der Waals surface area (Å²) in [6, 6.07) is 1.38. The van der Waals surface area contributed by atoms with Gasteiger partial charge in [-0.1, -0.05) is 0 Å². The highest BCUT2D eigenvalue weighted by Gasteiger charge is 2.31. The van der Waals surface area contributed by atoms with E-state index in [1.807, 2.05) is 6.92 Å². The highest BCUT2D eigenvalue weighted by atomic mass is 32.2. The van der Waals surface area contributed by atoms with Crippen LogP contribution in [0.15, 0.2) is 17.2 Å². The predicted molar refractivity (Wildman–Crippen MR) is 101 cm³/mol. The van der Waals surface area contributed by atoms with Crippen LogP contribution in [0.5, 0.6) is 0 Å². The zero-order valence-electron chi connectivity index (χ0n) is 14.4. The van der Waals surface area contributed by atoms with Crippen LogP contribution in [0.4, 0.5) is 20.2 Å². The number of rotatable bonds is 3. The van der Waals surface area contributed by atoms with Crippen molar-refractivity contribution < 1.29 is 13.9 Å². The Bertz CT molecular complexity index is 843. The number of aliphatic hydroxyl groups excluding tert-OH is 1. The summed E-state index contributed by atoms with van der Waals surface area (Å²) in [6.07, 6.45) is 3.67. The Balaban J connectivity index is 1.87. The molecule has 0 amide bonds. The molecule has 0 saturated carbocycles. The van der Waals surface area contributed by atoms with Gasteiger partial charge in [0.05, 0.1) is 23.3 Å². The van der Waals surface area contributed by atoms with Crippen molar-refractivity contribution in [3.05, 3.63) is 34.4 Å². The number of fused-ring (bicyclic) bond motifs is 3. The largest absolute Gasteiger partial charge is 0.396 e. The van der Waals surface area contributed by atoms with Gasteiger partial charge in [-0.05, 0) is 37.4 Å². The molecule has 0 radical (unpaired) electrons. The third-order valence-electron chi connectivity index (χ3n) is 4.79. The van der Waals surface area contributed by atoms with Crippen LogP contribution >= 0.6 is 11.9 Å². The lowest BCUT2D eigenvalue weighted by Gasteiger charge is -2.35. The summed E-state index contributed by atoms with van der Waals surface area (Å²) in [5.41, 5.74) is 3.78. The van der Waals surface area contributed by atoms with Crippen LogP contribution in [0, 0.1) is 11.6 Å². The second-order valence-electron chi connectivity index (χ2n) is 6.57. The fourth-order valence-electron chi connectivity index (χ4n) is 3.60. The van der Waals surface area contributed by atoms with Crippen molar-refractivity contribution in [3.63, 3.8) is 0 Å². The third kappa shape index (κ3) is 3.02. The molecule has 4 rings (SSSR count). The van der Waals surface area contributed by atoms with Crippen LogP contribution in [-0.2, 0) is 0 Å². The number of hydrogen-bond acceptors (Lipinski definition) is 6. The van der Waals surface area contributed by atoms with Gasteiger partial charge in [0.25, 0.3) is 0 Å². The van der Waals surface area contributed by atoms with Gasteiger partial charge in [-0.3, -0.25) is 4.98 Å². The summed E-state index contributed by atoms with van der Waals surface area (Å²) in [6.45, 7) is 4.36. The van der Waals surface area contributed by atoms with Crippen molar-refractivity contribution in [2.75, 3.05) is 35.9 Å². The Morgan fingerprint density at radius 3 is 3.04 bits per heavy atom. The van der Waals surface area contributed by atoms with Crippen molar-refractivity contribution in [2.24, 2.45) is 0 Å². The normalized spacial score (nSPS) is 19.9. The smallest absolute Gasteiger partial charge is 0.177 e. The van der Waals surface area contributed by atoms with E-state index in [0.29, 0.717) is 24.2 Å². The van der Waals surface area contributed by atoms with Gasteiger partial charge in [-0.25, -0.2) is 8.78 Å². The summed E-state index contributed by atoms with van der Waals surface area (Å²) >= 11 is 1.45. The average molecular weight is 378 g/mol. The van der Waals surface area contributed by atoms with E-state index in [-0.39, 0.29) is 12.6 Å². The first-order valence-electron chi connectivity index (χ1n) is 8.59. The maximum Gasteiger partial charge on any atom is 0.177 e. The van der Waals surface area contributed by atoms with Crippen molar-refractivity contribution in [2.45, 2.75) is 19.4 Å². The molecule has 1 saturated heterocycles. The third-order valence-corrected chi connectivity index (χ3v) is 5.54. The second-order valence-corrected chi connectivity index (χ2v) is 7.62. The van der Waals surface area contributed by atoms with Crippen molar-refractivity contribution in [1.82, 2.24) is 10.3 Å². The average Bonchev–Trinajstić information content (AvgIpc) is 2.84. The van der Waals surface area contributed by atoms with Gasteiger partial charge in [0.15, 0.2) is 11.6 Å². The Hall–Kier alpha value is -1.90. The number of allylic oxidation sites excluding steroid dienone is 1. The molecule has 8 heteroatoms. The van der Waals surface area contributed by atoms with Crippen LogP contribution in [0.2, 0.25) is 0 Å². The fraction of sp³-hybridized carbons (Fsp3) is 0.389. The highest BCUT2D eigenvalue weighted by molar-refractivity contribution is 8.04. The number of aromatic nitrogens is 1. The highest BCUT2D eigenvalue weighted by Crippen LogP contribution is 2.50. The molecule has 3 heterocycles. The number of hydrogen-bond donors (Lipinski definition) is 3. The minimum Gasteiger partial charge on any atom is -0.396 e. The van der Waals surface area contributed by atoms with Crippen LogP contribution < -0.4 is 14.9 Å². The SMILES string of the molecule is CC1=Cc2c(c3cc(F)c(F)cnc-3c2N2CCN[C@@H](CCO)C2)NS1. The molecule has 1 fully saturated rings. The van der Waals surface area contributed by atoms with Gasteiger partial charge >= 0.3 is 0 Å².